The van der Waals surface area contributed by atoms with E-state index in [2.05, 4.69) is 26.8 Å². The van der Waals surface area contributed by atoms with E-state index in [0.29, 0.717) is 18.0 Å². The molecule has 1 heterocycles. The molecule has 2 aliphatic rings. The Morgan fingerprint density at radius 3 is 2.39 bits per heavy atom. The Labute approximate surface area is 176 Å². The third-order valence-electron chi connectivity index (χ3n) is 5.84. The van der Waals surface area contributed by atoms with Gasteiger partial charge in [-0.05, 0) is 36.3 Å². The molecule has 31 heavy (non-hydrogen) atoms. The SMILES string of the molecule is O=C(C1CC1c1ccccc1)N(Cc1ccc(-c2noc(C(F)(F)F)n2)cc1)C1CC1. The van der Waals surface area contributed by atoms with Gasteiger partial charge in [0.15, 0.2) is 0 Å². The average Bonchev–Trinajstić information content (AvgIpc) is 3.69. The number of carbonyl (C=O) groups excluding carboxylic acids is 1. The van der Waals surface area contributed by atoms with Crippen LogP contribution in [0.5, 0.6) is 0 Å². The molecule has 5 nitrogen and oxygen atoms in total. The lowest BCUT2D eigenvalue weighted by Crippen LogP contribution is -2.34. The first kappa shape index (κ1) is 19.8. The topological polar surface area (TPSA) is 59.2 Å². The van der Waals surface area contributed by atoms with Gasteiger partial charge in [-0.15, -0.1) is 0 Å². The standard InChI is InChI=1S/C23H20F3N3O2/c24-23(25,26)22-27-20(28-31-22)16-8-6-14(7-9-16)13-29(17-10-11-17)21(30)19-12-18(19)15-4-2-1-3-5-15/h1-9,17-19H,10-13H2. The summed E-state index contributed by atoms with van der Waals surface area (Å²) in [5.74, 6) is -0.971. The van der Waals surface area contributed by atoms with Crippen LogP contribution >= 0.6 is 0 Å². The molecule has 2 unspecified atom stereocenters. The number of hydrogen-bond donors (Lipinski definition) is 0. The lowest BCUT2D eigenvalue weighted by molar-refractivity contribution is -0.159. The van der Waals surface area contributed by atoms with E-state index in [9.17, 15) is 18.0 Å². The number of hydrogen-bond acceptors (Lipinski definition) is 4. The van der Waals surface area contributed by atoms with Crippen molar-refractivity contribution in [2.45, 2.75) is 43.9 Å². The van der Waals surface area contributed by atoms with Gasteiger partial charge in [-0.2, -0.15) is 18.2 Å². The minimum Gasteiger partial charge on any atom is -0.335 e. The molecule has 2 saturated carbocycles. The van der Waals surface area contributed by atoms with Gasteiger partial charge in [0.05, 0.1) is 0 Å². The van der Waals surface area contributed by atoms with Crippen molar-refractivity contribution < 1.29 is 22.5 Å². The fourth-order valence-electron chi connectivity index (χ4n) is 3.93. The zero-order chi connectivity index (χ0) is 21.6. The number of nitrogens with zero attached hydrogens (tertiary/aromatic N) is 3. The predicted octanol–water partition coefficient (Wildman–Crippen LogP) is 5.05. The molecule has 0 saturated heterocycles. The highest BCUT2D eigenvalue weighted by molar-refractivity contribution is 5.83. The highest BCUT2D eigenvalue weighted by atomic mass is 19.4. The quantitative estimate of drug-likeness (QED) is 0.552. The lowest BCUT2D eigenvalue weighted by Gasteiger charge is -2.23. The van der Waals surface area contributed by atoms with Gasteiger partial charge in [0.2, 0.25) is 11.7 Å². The maximum absolute atomic E-state index is 13.1. The molecule has 8 heteroatoms. The molecule has 1 aromatic heterocycles. The molecule has 2 atom stereocenters. The summed E-state index contributed by atoms with van der Waals surface area (Å²) in [6.07, 6.45) is -1.77. The van der Waals surface area contributed by atoms with Crippen LogP contribution in [0.2, 0.25) is 0 Å². The number of amides is 1. The van der Waals surface area contributed by atoms with Crippen LogP contribution in [0.1, 0.15) is 42.2 Å². The van der Waals surface area contributed by atoms with Crippen LogP contribution in [0.25, 0.3) is 11.4 Å². The Hall–Kier alpha value is -3.16. The molecule has 3 aromatic rings. The van der Waals surface area contributed by atoms with Crippen LogP contribution in [0.3, 0.4) is 0 Å². The van der Waals surface area contributed by atoms with E-state index in [4.69, 9.17) is 0 Å². The zero-order valence-corrected chi connectivity index (χ0v) is 16.5. The Morgan fingerprint density at radius 2 is 1.77 bits per heavy atom. The minimum absolute atomic E-state index is 0.0300. The van der Waals surface area contributed by atoms with Crippen LogP contribution < -0.4 is 0 Å². The zero-order valence-electron chi connectivity index (χ0n) is 16.5. The smallest absolute Gasteiger partial charge is 0.335 e. The number of alkyl halides is 3. The third kappa shape index (κ3) is 4.19. The van der Waals surface area contributed by atoms with Crippen molar-refractivity contribution in [1.82, 2.24) is 15.0 Å². The summed E-state index contributed by atoms with van der Waals surface area (Å²) in [7, 11) is 0. The van der Waals surface area contributed by atoms with E-state index in [-0.39, 0.29) is 23.7 Å². The van der Waals surface area contributed by atoms with Gasteiger partial charge in [-0.3, -0.25) is 4.79 Å². The van der Waals surface area contributed by atoms with Crippen LogP contribution in [0.15, 0.2) is 59.1 Å². The van der Waals surface area contributed by atoms with Crippen molar-refractivity contribution in [2.24, 2.45) is 5.92 Å². The Kier molecular flexibility index (Phi) is 4.79. The number of rotatable bonds is 6. The predicted molar refractivity (Wildman–Crippen MR) is 106 cm³/mol. The van der Waals surface area contributed by atoms with E-state index < -0.39 is 12.1 Å². The largest absolute Gasteiger partial charge is 0.471 e. The first-order chi connectivity index (χ1) is 14.9. The average molecular weight is 427 g/mol. The van der Waals surface area contributed by atoms with Crippen molar-refractivity contribution in [3.63, 3.8) is 0 Å². The minimum atomic E-state index is -4.67. The van der Waals surface area contributed by atoms with Crippen molar-refractivity contribution >= 4 is 5.91 Å². The second-order valence-electron chi connectivity index (χ2n) is 8.17. The van der Waals surface area contributed by atoms with Crippen LogP contribution in [-0.2, 0) is 17.5 Å². The Balaban J connectivity index is 1.27. The summed E-state index contributed by atoms with van der Waals surface area (Å²) in [6, 6.07) is 17.3. The maximum atomic E-state index is 13.1. The molecule has 2 aromatic carbocycles. The van der Waals surface area contributed by atoms with Gasteiger partial charge in [0, 0.05) is 24.1 Å². The molecule has 0 spiro atoms. The highest BCUT2D eigenvalue weighted by Crippen LogP contribution is 2.49. The van der Waals surface area contributed by atoms with Crippen LogP contribution in [0.4, 0.5) is 13.2 Å². The molecule has 1 amide bonds. The fourth-order valence-corrected chi connectivity index (χ4v) is 3.93. The Morgan fingerprint density at radius 1 is 1.06 bits per heavy atom. The summed E-state index contributed by atoms with van der Waals surface area (Å²) in [5.41, 5.74) is 2.55. The lowest BCUT2D eigenvalue weighted by atomic mass is 10.1. The van der Waals surface area contributed by atoms with E-state index in [1.165, 1.54) is 5.56 Å². The van der Waals surface area contributed by atoms with Gasteiger partial charge in [0.25, 0.3) is 0 Å². The molecular weight excluding hydrogens is 407 g/mol. The van der Waals surface area contributed by atoms with Crippen molar-refractivity contribution in [3.8, 4) is 11.4 Å². The summed E-state index contributed by atoms with van der Waals surface area (Å²) in [6.45, 7) is 0.488. The van der Waals surface area contributed by atoms with Gasteiger partial charge in [-0.25, -0.2) is 0 Å². The number of benzene rings is 2. The molecule has 5 rings (SSSR count). The van der Waals surface area contributed by atoms with Gasteiger partial charge >= 0.3 is 12.1 Å². The normalized spacial score (nSPS) is 20.5. The molecule has 160 valence electrons. The summed E-state index contributed by atoms with van der Waals surface area (Å²) in [5, 5.41) is 3.41. The van der Waals surface area contributed by atoms with Gasteiger partial charge < -0.3 is 9.42 Å². The van der Waals surface area contributed by atoms with Crippen LogP contribution in [0, 0.1) is 5.92 Å². The molecule has 0 bridgehead atoms. The second-order valence-corrected chi connectivity index (χ2v) is 8.17. The number of halogens is 3. The van der Waals surface area contributed by atoms with Gasteiger partial charge in [0.1, 0.15) is 0 Å². The Bertz CT molecular complexity index is 1080. The summed E-state index contributed by atoms with van der Waals surface area (Å²) in [4.78, 5) is 18.5. The van der Waals surface area contributed by atoms with E-state index in [1.54, 1.807) is 24.3 Å². The van der Waals surface area contributed by atoms with Crippen molar-refractivity contribution in [3.05, 3.63) is 71.6 Å². The molecule has 2 fully saturated rings. The van der Waals surface area contributed by atoms with E-state index in [0.717, 1.165) is 24.8 Å². The fraction of sp³-hybridized carbons (Fsp3) is 0.348. The number of aromatic nitrogens is 2. The van der Waals surface area contributed by atoms with Crippen molar-refractivity contribution in [2.75, 3.05) is 0 Å². The summed E-state index contributed by atoms with van der Waals surface area (Å²) < 4.78 is 42.3. The number of carbonyl (C=O) groups is 1. The van der Waals surface area contributed by atoms with Crippen molar-refractivity contribution in [1.29, 1.82) is 0 Å². The first-order valence-electron chi connectivity index (χ1n) is 10.3. The molecule has 2 aliphatic carbocycles. The summed E-state index contributed by atoms with van der Waals surface area (Å²) >= 11 is 0. The van der Waals surface area contributed by atoms with Crippen LogP contribution in [-0.4, -0.2) is 27.0 Å². The second kappa shape index (κ2) is 7.51. The van der Waals surface area contributed by atoms with E-state index in [1.807, 2.05) is 23.1 Å². The molecule has 0 N–H and O–H groups in total. The van der Waals surface area contributed by atoms with E-state index >= 15 is 0 Å². The third-order valence-corrected chi connectivity index (χ3v) is 5.84. The maximum Gasteiger partial charge on any atom is 0.471 e. The highest BCUT2D eigenvalue weighted by Gasteiger charge is 2.48. The monoisotopic (exact) mass is 427 g/mol. The molecule has 0 aliphatic heterocycles. The molecular formula is C23H20F3N3O2. The molecule has 0 radical (unpaired) electrons. The van der Waals surface area contributed by atoms with Gasteiger partial charge in [-0.1, -0.05) is 59.8 Å². The first-order valence-corrected chi connectivity index (χ1v) is 10.3.